The summed E-state index contributed by atoms with van der Waals surface area (Å²) in [5, 5.41) is 12.1. The molecule has 122 valence electrons. The highest BCUT2D eigenvalue weighted by Crippen LogP contribution is 2.33. The molecule has 0 spiro atoms. The van der Waals surface area contributed by atoms with Gasteiger partial charge in [-0.2, -0.15) is 13.2 Å². The van der Waals surface area contributed by atoms with Crippen molar-refractivity contribution in [2.24, 2.45) is 0 Å². The summed E-state index contributed by atoms with van der Waals surface area (Å²) in [4.78, 5) is 11.7. The molecule has 4 nitrogen and oxygen atoms in total. The van der Waals surface area contributed by atoms with Gasteiger partial charge >= 0.3 is 12.1 Å². The predicted molar refractivity (Wildman–Crippen MR) is 78.4 cm³/mol. The molecular weight excluding hydrogens is 311 g/mol. The summed E-state index contributed by atoms with van der Waals surface area (Å²) in [6, 6.07) is 9.22. The molecule has 0 saturated heterocycles. The molecule has 0 heterocycles. The molecule has 0 unspecified atom stereocenters. The topological polar surface area (TPSA) is 58.6 Å². The van der Waals surface area contributed by atoms with Gasteiger partial charge in [-0.25, -0.2) is 4.79 Å². The Hall–Kier alpha value is -2.54. The summed E-state index contributed by atoms with van der Waals surface area (Å²) in [6.07, 6.45) is -4.51. The van der Waals surface area contributed by atoms with E-state index in [-0.39, 0.29) is 22.5 Å². The molecule has 0 bridgehead atoms. The number of nitrogens with one attached hydrogen (secondary N) is 1. The van der Waals surface area contributed by atoms with Crippen molar-refractivity contribution in [1.82, 2.24) is 0 Å². The minimum atomic E-state index is -4.51. The van der Waals surface area contributed by atoms with Gasteiger partial charge in [-0.15, -0.1) is 0 Å². The largest absolute Gasteiger partial charge is 0.465 e. The third-order valence-electron chi connectivity index (χ3n) is 3.21. The quantitative estimate of drug-likeness (QED) is 0.841. The van der Waals surface area contributed by atoms with E-state index < -0.39 is 24.3 Å². The Morgan fingerprint density at radius 2 is 1.87 bits per heavy atom. The first-order valence-electron chi connectivity index (χ1n) is 6.62. The monoisotopic (exact) mass is 325 g/mol. The molecule has 2 rings (SSSR count). The number of carbonyl (C=O) groups is 1. The third-order valence-corrected chi connectivity index (χ3v) is 3.21. The number of para-hydroxylation sites is 1. The second-order valence-corrected chi connectivity index (χ2v) is 4.69. The zero-order chi connectivity index (χ0) is 17.0. The van der Waals surface area contributed by atoms with E-state index in [2.05, 4.69) is 10.1 Å². The average molecular weight is 325 g/mol. The molecule has 0 aromatic heterocycles. The minimum absolute atomic E-state index is 0.0682. The van der Waals surface area contributed by atoms with Crippen LogP contribution in [0.2, 0.25) is 0 Å². The molecule has 0 saturated carbocycles. The van der Waals surface area contributed by atoms with E-state index in [1.807, 2.05) is 0 Å². The van der Waals surface area contributed by atoms with Crippen LogP contribution in [0.5, 0.6) is 0 Å². The second kappa shape index (κ2) is 6.70. The first-order chi connectivity index (χ1) is 10.9. The van der Waals surface area contributed by atoms with Crippen LogP contribution in [-0.4, -0.2) is 18.2 Å². The van der Waals surface area contributed by atoms with Crippen LogP contribution in [0.15, 0.2) is 42.5 Å². The van der Waals surface area contributed by atoms with Crippen molar-refractivity contribution in [2.75, 3.05) is 12.4 Å². The lowest BCUT2D eigenvalue weighted by atomic mass is 10.1. The van der Waals surface area contributed by atoms with Gasteiger partial charge in [0, 0.05) is 11.3 Å². The number of benzene rings is 2. The Labute approximate surface area is 130 Å². The van der Waals surface area contributed by atoms with Gasteiger partial charge < -0.3 is 15.2 Å². The lowest BCUT2D eigenvalue weighted by molar-refractivity contribution is -0.137. The van der Waals surface area contributed by atoms with E-state index in [1.165, 1.54) is 25.3 Å². The van der Waals surface area contributed by atoms with Crippen LogP contribution in [0.1, 0.15) is 21.5 Å². The van der Waals surface area contributed by atoms with Gasteiger partial charge in [0.1, 0.15) is 0 Å². The number of halogens is 3. The van der Waals surface area contributed by atoms with Gasteiger partial charge in [-0.05, 0) is 24.3 Å². The van der Waals surface area contributed by atoms with E-state index >= 15 is 0 Å². The van der Waals surface area contributed by atoms with Crippen LogP contribution in [0, 0.1) is 0 Å². The Morgan fingerprint density at radius 1 is 1.17 bits per heavy atom. The van der Waals surface area contributed by atoms with Crippen LogP contribution in [0.3, 0.4) is 0 Å². The second-order valence-electron chi connectivity index (χ2n) is 4.69. The number of aliphatic hydroxyl groups is 1. The van der Waals surface area contributed by atoms with Crippen LogP contribution in [0.25, 0.3) is 0 Å². The van der Waals surface area contributed by atoms with Crippen LogP contribution in [0.4, 0.5) is 24.5 Å². The maximum absolute atomic E-state index is 12.8. The van der Waals surface area contributed by atoms with Crippen LogP contribution in [-0.2, 0) is 17.5 Å². The minimum Gasteiger partial charge on any atom is -0.465 e. The highest BCUT2D eigenvalue weighted by Gasteiger charge is 2.31. The molecule has 0 amide bonds. The zero-order valence-electron chi connectivity index (χ0n) is 12.1. The Kier molecular flexibility index (Phi) is 4.90. The number of esters is 1. The summed E-state index contributed by atoms with van der Waals surface area (Å²) < 4.78 is 43.2. The van der Waals surface area contributed by atoms with Crippen molar-refractivity contribution in [3.8, 4) is 0 Å². The third kappa shape index (κ3) is 3.81. The molecule has 2 aromatic rings. The zero-order valence-corrected chi connectivity index (χ0v) is 12.1. The molecular formula is C16H14F3NO3. The van der Waals surface area contributed by atoms with Crippen LogP contribution < -0.4 is 5.32 Å². The van der Waals surface area contributed by atoms with Gasteiger partial charge in [0.05, 0.1) is 30.5 Å². The first kappa shape index (κ1) is 16.8. The standard InChI is InChI=1S/C16H14F3NO3/c1-23-15(22)12-4-2-3-5-13(12)20-14-8-11(16(17,18)19)7-6-10(14)9-21/h2-8,20-21H,9H2,1H3. The van der Waals surface area contributed by atoms with E-state index in [0.717, 1.165) is 12.1 Å². The summed E-state index contributed by atoms with van der Waals surface area (Å²) in [5.74, 6) is -0.620. The van der Waals surface area contributed by atoms with E-state index in [4.69, 9.17) is 0 Å². The van der Waals surface area contributed by atoms with E-state index in [1.54, 1.807) is 12.1 Å². The number of hydrogen-bond acceptors (Lipinski definition) is 4. The molecule has 2 N–H and O–H groups in total. The smallest absolute Gasteiger partial charge is 0.416 e. The van der Waals surface area contributed by atoms with Crippen molar-refractivity contribution < 1.29 is 27.8 Å². The summed E-state index contributed by atoms with van der Waals surface area (Å²) in [5.41, 5.74) is -0.0474. The lowest BCUT2D eigenvalue weighted by Crippen LogP contribution is -2.09. The number of alkyl halides is 3. The molecule has 23 heavy (non-hydrogen) atoms. The number of methoxy groups -OCH3 is 1. The van der Waals surface area contributed by atoms with Crippen molar-refractivity contribution in [3.63, 3.8) is 0 Å². The van der Waals surface area contributed by atoms with Crippen molar-refractivity contribution in [2.45, 2.75) is 12.8 Å². The maximum atomic E-state index is 12.8. The number of hydrogen-bond donors (Lipinski definition) is 2. The molecule has 0 radical (unpaired) electrons. The molecule has 0 aliphatic carbocycles. The summed E-state index contributed by atoms with van der Waals surface area (Å²) >= 11 is 0. The number of anilines is 2. The predicted octanol–water partition coefficient (Wildman–Crippen LogP) is 3.73. The number of ether oxygens (including phenoxy) is 1. The van der Waals surface area contributed by atoms with Gasteiger partial charge in [0.15, 0.2) is 0 Å². The number of carbonyl (C=O) groups excluding carboxylic acids is 1. The van der Waals surface area contributed by atoms with Crippen molar-refractivity contribution in [3.05, 3.63) is 59.2 Å². The Bertz CT molecular complexity index is 714. The molecule has 2 aromatic carbocycles. The summed E-state index contributed by atoms with van der Waals surface area (Å²) in [6.45, 7) is -0.444. The Morgan fingerprint density at radius 3 is 2.48 bits per heavy atom. The van der Waals surface area contributed by atoms with Crippen molar-refractivity contribution in [1.29, 1.82) is 0 Å². The Balaban J connectivity index is 2.46. The van der Waals surface area contributed by atoms with Gasteiger partial charge in [-0.1, -0.05) is 18.2 Å². The highest BCUT2D eigenvalue weighted by atomic mass is 19.4. The van der Waals surface area contributed by atoms with E-state index in [9.17, 15) is 23.1 Å². The summed E-state index contributed by atoms with van der Waals surface area (Å²) in [7, 11) is 1.21. The maximum Gasteiger partial charge on any atom is 0.416 e. The fraction of sp³-hybridized carbons (Fsp3) is 0.188. The average Bonchev–Trinajstić information content (AvgIpc) is 2.53. The molecule has 0 atom stereocenters. The van der Waals surface area contributed by atoms with E-state index in [0.29, 0.717) is 0 Å². The van der Waals surface area contributed by atoms with Gasteiger partial charge in [0.25, 0.3) is 0 Å². The molecule has 0 fully saturated rings. The van der Waals surface area contributed by atoms with Crippen molar-refractivity contribution >= 4 is 17.3 Å². The normalized spacial score (nSPS) is 11.2. The highest BCUT2D eigenvalue weighted by molar-refractivity contribution is 5.96. The number of aliphatic hydroxyl groups excluding tert-OH is 1. The molecule has 0 aliphatic rings. The SMILES string of the molecule is COC(=O)c1ccccc1Nc1cc(C(F)(F)F)ccc1CO. The lowest BCUT2D eigenvalue weighted by Gasteiger charge is -2.16. The number of rotatable bonds is 4. The first-order valence-corrected chi connectivity index (χ1v) is 6.62. The van der Waals surface area contributed by atoms with Gasteiger partial charge in [-0.3, -0.25) is 0 Å². The molecule has 0 aliphatic heterocycles. The fourth-order valence-corrected chi connectivity index (χ4v) is 2.03. The fourth-order valence-electron chi connectivity index (χ4n) is 2.03. The van der Waals surface area contributed by atoms with Crippen LogP contribution >= 0.6 is 0 Å². The molecule has 7 heteroatoms. The van der Waals surface area contributed by atoms with Gasteiger partial charge in [0.2, 0.25) is 0 Å².